The highest BCUT2D eigenvalue weighted by Crippen LogP contribution is 2.25. The molecule has 2 aromatic heterocycles. The maximum atomic E-state index is 12.3. The third kappa shape index (κ3) is 5.29. The van der Waals surface area contributed by atoms with Gasteiger partial charge >= 0.3 is 0 Å². The molecule has 32 heavy (non-hydrogen) atoms. The van der Waals surface area contributed by atoms with Crippen LogP contribution >= 0.6 is 0 Å². The van der Waals surface area contributed by atoms with Gasteiger partial charge in [0.2, 0.25) is 5.76 Å². The maximum absolute atomic E-state index is 12.3. The molecular formula is C21H23N5O5S. The van der Waals surface area contributed by atoms with Gasteiger partial charge in [0, 0.05) is 36.2 Å². The van der Waals surface area contributed by atoms with Gasteiger partial charge in [-0.2, -0.15) is 0 Å². The van der Waals surface area contributed by atoms with E-state index in [2.05, 4.69) is 20.4 Å². The molecule has 1 N–H and O–H groups in total. The van der Waals surface area contributed by atoms with Crippen molar-refractivity contribution in [2.75, 3.05) is 36.2 Å². The van der Waals surface area contributed by atoms with Crippen LogP contribution in [0.4, 0.5) is 11.5 Å². The summed E-state index contributed by atoms with van der Waals surface area (Å²) in [4.78, 5) is 23.5. The van der Waals surface area contributed by atoms with E-state index in [1.807, 2.05) is 6.92 Å². The zero-order valence-corrected chi connectivity index (χ0v) is 18.5. The number of anilines is 2. The molecule has 0 spiro atoms. The average molecular weight is 458 g/mol. The van der Waals surface area contributed by atoms with Crippen molar-refractivity contribution < 1.29 is 22.5 Å². The van der Waals surface area contributed by atoms with Crippen LogP contribution in [-0.2, 0) is 20.3 Å². The molecule has 0 radical (unpaired) electrons. The molecule has 10 nitrogen and oxygen atoms in total. The van der Waals surface area contributed by atoms with Crippen LogP contribution in [-0.4, -0.2) is 61.5 Å². The van der Waals surface area contributed by atoms with Gasteiger partial charge in [-0.25, -0.2) is 18.4 Å². The van der Waals surface area contributed by atoms with Gasteiger partial charge in [0.05, 0.1) is 36.9 Å². The molecule has 11 heteroatoms. The third-order valence-electron chi connectivity index (χ3n) is 4.88. The summed E-state index contributed by atoms with van der Waals surface area (Å²) in [6.45, 7) is 3.79. The fraction of sp³-hybridized carbons (Fsp3) is 0.333. The van der Waals surface area contributed by atoms with Crippen LogP contribution < -0.4 is 10.2 Å². The minimum Gasteiger partial charge on any atom is -0.377 e. The molecule has 1 saturated heterocycles. The van der Waals surface area contributed by atoms with Crippen molar-refractivity contribution in [3.63, 3.8) is 0 Å². The van der Waals surface area contributed by atoms with E-state index in [0.717, 1.165) is 0 Å². The molecule has 3 aromatic rings. The minimum absolute atomic E-state index is 0.0881. The summed E-state index contributed by atoms with van der Waals surface area (Å²) in [5, 5.41) is 6.27. The molecule has 0 bridgehead atoms. The molecule has 4 rings (SSSR count). The largest absolute Gasteiger partial charge is 0.377 e. The molecule has 168 valence electrons. The number of amides is 1. The number of carbonyl (C=O) groups excluding carboxylic acids is 1. The van der Waals surface area contributed by atoms with E-state index in [1.54, 1.807) is 30.3 Å². The summed E-state index contributed by atoms with van der Waals surface area (Å²) >= 11 is 0. The van der Waals surface area contributed by atoms with Crippen LogP contribution in [0, 0.1) is 0 Å². The standard InChI is InChI=1S/C21H23N5O5S/c1-14-12-30-9-8-26(14)19-11-17(13-32(2,28)29)23-20(25-19)15-4-3-5-16(10-15)24-21(27)18-6-7-22-31-18/h3-7,10-11,14H,8-9,12-13H2,1-2H3,(H,24,27)/t14-/m0/s1. The Kier molecular flexibility index (Phi) is 6.19. The predicted octanol–water partition coefficient (Wildman–Crippen LogP) is 2.15. The predicted molar refractivity (Wildman–Crippen MR) is 118 cm³/mol. The quantitative estimate of drug-likeness (QED) is 0.592. The zero-order chi connectivity index (χ0) is 22.7. The molecule has 1 amide bonds. The summed E-state index contributed by atoms with van der Waals surface area (Å²) in [6, 6.07) is 10.3. The van der Waals surface area contributed by atoms with Crippen LogP contribution in [0.25, 0.3) is 11.4 Å². The minimum atomic E-state index is -3.29. The molecule has 1 atom stereocenters. The number of benzene rings is 1. The number of ether oxygens (including phenoxy) is 1. The normalized spacial score (nSPS) is 16.7. The Labute approximate surface area is 185 Å². The van der Waals surface area contributed by atoms with Crippen molar-refractivity contribution in [1.82, 2.24) is 15.1 Å². The van der Waals surface area contributed by atoms with Gasteiger partial charge in [0.15, 0.2) is 15.7 Å². The monoisotopic (exact) mass is 457 g/mol. The van der Waals surface area contributed by atoms with Crippen LogP contribution in [0.3, 0.4) is 0 Å². The van der Waals surface area contributed by atoms with Crippen molar-refractivity contribution in [3.05, 3.63) is 54.0 Å². The first kappa shape index (κ1) is 21.9. The number of hydrogen-bond acceptors (Lipinski definition) is 9. The molecule has 0 unspecified atom stereocenters. The number of hydrogen-bond donors (Lipinski definition) is 1. The van der Waals surface area contributed by atoms with E-state index in [1.165, 1.54) is 18.5 Å². The molecule has 1 aliphatic rings. The van der Waals surface area contributed by atoms with E-state index >= 15 is 0 Å². The molecule has 1 aromatic carbocycles. The van der Waals surface area contributed by atoms with Crippen molar-refractivity contribution in [2.24, 2.45) is 0 Å². The fourth-order valence-corrected chi connectivity index (χ4v) is 4.12. The van der Waals surface area contributed by atoms with Gasteiger partial charge in [-0.3, -0.25) is 4.79 Å². The number of nitrogens with zero attached hydrogens (tertiary/aromatic N) is 4. The van der Waals surface area contributed by atoms with Gasteiger partial charge in [-0.05, 0) is 19.1 Å². The van der Waals surface area contributed by atoms with Crippen LogP contribution in [0.2, 0.25) is 0 Å². The molecule has 3 heterocycles. The summed E-state index contributed by atoms with van der Waals surface area (Å²) in [7, 11) is -3.29. The van der Waals surface area contributed by atoms with Crippen molar-refractivity contribution >= 4 is 27.2 Å². The van der Waals surface area contributed by atoms with Crippen LogP contribution in [0.1, 0.15) is 23.2 Å². The number of nitrogens with one attached hydrogen (secondary N) is 1. The van der Waals surface area contributed by atoms with Crippen molar-refractivity contribution in [1.29, 1.82) is 0 Å². The lowest BCUT2D eigenvalue weighted by molar-refractivity contribution is 0.0984. The second kappa shape index (κ2) is 9.05. The number of sulfone groups is 1. The lowest BCUT2D eigenvalue weighted by atomic mass is 10.1. The van der Waals surface area contributed by atoms with E-state index in [-0.39, 0.29) is 17.6 Å². The first-order chi connectivity index (χ1) is 15.3. The van der Waals surface area contributed by atoms with Crippen molar-refractivity contribution in [3.8, 4) is 11.4 Å². The summed E-state index contributed by atoms with van der Waals surface area (Å²) in [6.07, 6.45) is 2.56. The van der Waals surface area contributed by atoms with E-state index < -0.39 is 15.7 Å². The highest BCUT2D eigenvalue weighted by Gasteiger charge is 2.22. The van der Waals surface area contributed by atoms with Crippen molar-refractivity contribution in [2.45, 2.75) is 18.7 Å². The molecular weight excluding hydrogens is 434 g/mol. The lowest BCUT2D eigenvalue weighted by Gasteiger charge is -2.34. The van der Waals surface area contributed by atoms with E-state index in [4.69, 9.17) is 14.2 Å². The summed E-state index contributed by atoms with van der Waals surface area (Å²) in [5.74, 6) is 0.465. The second-order valence-electron chi connectivity index (χ2n) is 7.64. The van der Waals surface area contributed by atoms with Gasteiger partial charge in [-0.1, -0.05) is 17.3 Å². The Hall–Kier alpha value is -3.31. The maximum Gasteiger partial charge on any atom is 0.294 e. The Balaban J connectivity index is 1.69. The Morgan fingerprint density at radius 1 is 1.25 bits per heavy atom. The molecule has 0 saturated carbocycles. The van der Waals surface area contributed by atoms with Gasteiger partial charge in [-0.15, -0.1) is 0 Å². The van der Waals surface area contributed by atoms with Crippen LogP contribution in [0.5, 0.6) is 0 Å². The second-order valence-corrected chi connectivity index (χ2v) is 9.78. The first-order valence-electron chi connectivity index (χ1n) is 10.0. The Bertz CT molecular complexity index is 1210. The number of aromatic nitrogens is 3. The number of carbonyl (C=O) groups is 1. The summed E-state index contributed by atoms with van der Waals surface area (Å²) in [5.41, 5.74) is 1.56. The van der Waals surface area contributed by atoms with E-state index in [0.29, 0.717) is 48.3 Å². The van der Waals surface area contributed by atoms with Crippen LogP contribution in [0.15, 0.2) is 47.1 Å². The third-order valence-corrected chi connectivity index (χ3v) is 5.70. The molecule has 0 aliphatic carbocycles. The topological polar surface area (TPSA) is 128 Å². The molecule has 1 aliphatic heterocycles. The van der Waals surface area contributed by atoms with E-state index in [9.17, 15) is 13.2 Å². The van der Waals surface area contributed by atoms with Gasteiger partial charge < -0.3 is 19.5 Å². The fourth-order valence-electron chi connectivity index (χ4n) is 3.43. The molecule has 1 fully saturated rings. The highest BCUT2D eigenvalue weighted by atomic mass is 32.2. The zero-order valence-electron chi connectivity index (χ0n) is 17.7. The van der Waals surface area contributed by atoms with Gasteiger partial charge in [0.25, 0.3) is 5.91 Å². The average Bonchev–Trinajstić information content (AvgIpc) is 3.28. The lowest BCUT2D eigenvalue weighted by Crippen LogP contribution is -2.44. The SMILES string of the molecule is C[C@H]1COCCN1c1cc(CS(C)(=O)=O)nc(-c2cccc(NC(=O)c3ccno3)c2)n1. The van der Waals surface area contributed by atoms with Gasteiger partial charge in [0.1, 0.15) is 5.82 Å². The highest BCUT2D eigenvalue weighted by molar-refractivity contribution is 7.89. The smallest absolute Gasteiger partial charge is 0.294 e. The Morgan fingerprint density at radius 3 is 2.81 bits per heavy atom. The first-order valence-corrected chi connectivity index (χ1v) is 12.1. The number of rotatable bonds is 6. The number of morpholine rings is 1. The Morgan fingerprint density at radius 2 is 2.09 bits per heavy atom. The summed E-state index contributed by atoms with van der Waals surface area (Å²) < 4.78 is 34.3.